The Hall–Kier alpha value is -4.10. The molecule has 4 fully saturated rings. The first-order valence-corrected chi connectivity index (χ1v) is 21.6. The maximum absolute atomic E-state index is 13.4. The van der Waals surface area contributed by atoms with Gasteiger partial charge >= 0.3 is 11.9 Å². The molecule has 12 heteroatoms. The minimum atomic E-state index is -1.20. The average molecular weight is 795 g/mol. The van der Waals surface area contributed by atoms with Crippen LogP contribution in [0, 0.1) is 5.92 Å². The van der Waals surface area contributed by atoms with Crippen molar-refractivity contribution < 1.29 is 48.3 Å². The lowest BCUT2D eigenvalue weighted by molar-refractivity contribution is -0.184. The molecule has 58 heavy (non-hydrogen) atoms. The molecule has 0 aromatic heterocycles. The van der Waals surface area contributed by atoms with E-state index in [1.54, 1.807) is 12.1 Å². The predicted molar refractivity (Wildman–Crippen MR) is 210 cm³/mol. The highest BCUT2D eigenvalue weighted by Crippen LogP contribution is 2.70. The van der Waals surface area contributed by atoms with Gasteiger partial charge in [0.05, 0.1) is 16.6 Å². The van der Waals surface area contributed by atoms with Gasteiger partial charge in [-0.3, -0.25) is 29.0 Å². The van der Waals surface area contributed by atoms with Crippen molar-refractivity contribution in [2.75, 3.05) is 13.1 Å². The van der Waals surface area contributed by atoms with Gasteiger partial charge in [-0.25, -0.2) is 0 Å². The molecule has 4 unspecified atom stereocenters. The largest absolute Gasteiger partial charge is 0.478 e. The van der Waals surface area contributed by atoms with Gasteiger partial charge < -0.3 is 29.2 Å². The maximum Gasteiger partial charge on any atom is 0.311 e. The van der Waals surface area contributed by atoms with E-state index in [0.717, 1.165) is 41.6 Å². The van der Waals surface area contributed by atoms with Gasteiger partial charge in [0.1, 0.15) is 0 Å². The summed E-state index contributed by atoms with van der Waals surface area (Å²) < 4.78 is 24.7. The third kappa shape index (κ3) is 5.60. The number of ketones is 2. The second-order valence-electron chi connectivity index (χ2n) is 18.5. The molecule has 1 saturated heterocycles. The number of unbranched alkanes of at least 4 members (excludes halogenated alkanes) is 1. The zero-order chi connectivity index (χ0) is 40.3. The summed E-state index contributed by atoms with van der Waals surface area (Å²) in [5.74, 6) is 0.885. The van der Waals surface area contributed by atoms with Crippen molar-refractivity contribution in [1.82, 2.24) is 9.80 Å². The van der Waals surface area contributed by atoms with Crippen LogP contribution in [0.25, 0.3) is 0 Å². The smallest absolute Gasteiger partial charge is 0.311 e. The molecule has 5 aliphatic carbocycles. The Balaban J connectivity index is 0.811. The summed E-state index contributed by atoms with van der Waals surface area (Å²) in [6, 6.07) is 7.18. The lowest BCUT2D eigenvalue weighted by Crippen LogP contribution is -2.72. The van der Waals surface area contributed by atoms with Crippen molar-refractivity contribution in [1.29, 1.82) is 0 Å². The topological polar surface area (TPSA) is 152 Å². The van der Waals surface area contributed by atoms with Gasteiger partial charge in [-0.2, -0.15) is 0 Å². The number of rotatable bonds is 11. The highest BCUT2D eigenvalue weighted by Gasteiger charge is 2.75. The molecule has 3 heterocycles. The highest BCUT2D eigenvalue weighted by atomic mass is 16.6. The second-order valence-corrected chi connectivity index (χ2v) is 18.5. The Kier molecular flexibility index (Phi) is 9.02. The molecule has 308 valence electrons. The Bertz CT molecular complexity index is 2110. The van der Waals surface area contributed by atoms with Gasteiger partial charge in [0.25, 0.3) is 0 Å². The summed E-state index contributed by atoms with van der Waals surface area (Å²) in [6.45, 7) is 9.56. The Morgan fingerprint density at radius 2 is 1.52 bits per heavy atom. The normalized spacial score (nSPS) is 35.5. The zero-order valence-corrected chi connectivity index (χ0v) is 33.5. The fourth-order valence-corrected chi connectivity index (χ4v) is 12.2. The third-order valence-corrected chi connectivity index (χ3v) is 15.5. The number of likely N-dealkylation sites (tertiary alicyclic amines) is 1. The third-order valence-electron chi connectivity index (χ3n) is 15.5. The van der Waals surface area contributed by atoms with Crippen LogP contribution >= 0.6 is 0 Å². The number of Topliss-reactive ketones (excluding diaryl/α,β-unsaturated/α-hetero) is 2. The number of piperidine rings is 1. The van der Waals surface area contributed by atoms with E-state index in [9.17, 15) is 29.4 Å². The first-order chi connectivity index (χ1) is 27.9. The molecule has 12 nitrogen and oxygen atoms in total. The number of fused-ring (bicyclic) bond motifs is 4. The fourth-order valence-electron chi connectivity index (χ4n) is 12.2. The van der Waals surface area contributed by atoms with Gasteiger partial charge in [0.2, 0.25) is 0 Å². The molecule has 1 spiro atoms. The average Bonchev–Trinajstić information content (AvgIpc) is 3.67. The first-order valence-electron chi connectivity index (χ1n) is 21.6. The molecule has 10 rings (SSSR count). The van der Waals surface area contributed by atoms with E-state index < -0.39 is 40.8 Å². The van der Waals surface area contributed by atoms with E-state index in [-0.39, 0.29) is 79.3 Å². The molecule has 2 aromatic carbocycles. The minimum absolute atomic E-state index is 0.0214. The van der Waals surface area contributed by atoms with Crippen LogP contribution in [-0.2, 0) is 31.0 Å². The summed E-state index contributed by atoms with van der Waals surface area (Å²) in [7, 11) is 0. The highest BCUT2D eigenvalue weighted by molar-refractivity contribution is 5.91. The van der Waals surface area contributed by atoms with Gasteiger partial charge in [-0.05, 0) is 101 Å². The van der Waals surface area contributed by atoms with Crippen molar-refractivity contribution in [3.8, 4) is 23.0 Å². The molecule has 8 aliphatic rings. The number of esters is 2. The van der Waals surface area contributed by atoms with Crippen molar-refractivity contribution in [2.24, 2.45) is 5.92 Å². The lowest BCUT2D eigenvalue weighted by atomic mass is 9.55. The number of benzene rings is 2. The molecule has 2 N–H and O–H groups in total. The number of hydrogen-bond donors (Lipinski definition) is 2. The van der Waals surface area contributed by atoms with E-state index in [4.69, 9.17) is 18.9 Å². The van der Waals surface area contributed by atoms with Crippen molar-refractivity contribution in [3.05, 3.63) is 59.2 Å². The van der Waals surface area contributed by atoms with Crippen LogP contribution in [0.3, 0.4) is 0 Å². The Labute approximate surface area is 338 Å². The molecular formula is C46H54N2O10. The summed E-state index contributed by atoms with van der Waals surface area (Å²) >= 11 is 0. The van der Waals surface area contributed by atoms with Crippen LogP contribution in [0.15, 0.2) is 36.9 Å². The number of ether oxygens (including phenoxy) is 4. The van der Waals surface area contributed by atoms with Crippen molar-refractivity contribution in [3.63, 3.8) is 0 Å². The van der Waals surface area contributed by atoms with Crippen LogP contribution in [0.4, 0.5) is 0 Å². The summed E-state index contributed by atoms with van der Waals surface area (Å²) in [5, 5.41) is 24.4. The Morgan fingerprint density at radius 1 is 0.828 bits per heavy atom. The van der Waals surface area contributed by atoms with Gasteiger partial charge in [0, 0.05) is 80.5 Å². The standard InChI is InChI=1S/C46H54N2O10/c1-4-21-47-26(3)46(54)20-18-34(50)43-45(46)22-32(47)30-13-16-36(42(58-43)40(30)45)56-39(52)8-6-5-7-38(51)55-35-15-12-28-29-11-14-31(28)48(24-27-9-10-27)25(2)44(53)19-17-33(49)37(23-44)57-41(29)35/h4,12-13,15-16,25-27,31-32,37,43,53-54H,1,5-11,14,17-24H2,2-3H3/t25?,26?,31?,32?,37-,43+,44+,45+,46-/m1/s1. The number of carbonyl (C=O) groups excluding carboxylic acids is 4. The molecule has 9 atom stereocenters. The number of hydrogen-bond acceptors (Lipinski definition) is 12. The van der Waals surface area contributed by atoms with Gasteiger partial charge in [0.15, 0.2) is 46.8 Å². The van der Waals surface area contributed by atoms with Crippen LogP contribution < -0.4 is 18.9 Å². The number of carbonyl (C=O) groups is 4. The predicted octanol–water partition coefficient (Wildman–Crippen LogP) is 5.52. The molecule has 0 amide bonds. The quantitative estimate of drug-likeness (QED) is 0.128. The fraction of sp³-hybridized carbons (Fsp3) is 0.609. The van der Waals surface area contributed by atoms with Crippen LogP contribution in [0.1, 0.15) is 132 Å². The van der Waals surface area contributed by atoms with E-state index >= 15 is 0 Å². The van der Waals surface area contributed by atoms with E-state index in [1.165, 1.54) is 12.8 Å². The number of nitrogens with zero attached hydrogens (tertiary/aromatic N) is 2. The summed E-state index contributed by atoms with van der Waals surface area (Å²) in [6.07, 6.45) is 6.93. The second kappa shape index (κ2) is 13.7. The van der Waals surface area contributed by atoms with E-state index in [0.29, 0.717) is 56.1 Å². The summed E-state index contributed by atoms with van der Waals surface area (Å²) in [4.78, 5) is 57.8. The van der Waals surface area contributed by atoms with Crippen LogP contribution in [-0.4, -0.2) is 92.1 Å². The summed E-state index contributed by atoms with van der Waals surface area (Å²) in [5.41, 5.74) is 0.696. The van der Waals surface area contributed by atoms with Gasteiger partial charge in [-0.15, -0.1) is 6.58 Å². The lowest BCUT2D eigenvalue weighted by Gasteiger charge is -2.58. The van der Waals surface area contributed by atoms with Crippen molar-refractivity contribution in [2.45, 2.75) is 157 Å². The SMILES string of the molecule is C=CCN1C2C[C@]34c5c2ccc(OC(=O)CCCCC(=O)Oc2ccc6c7c2O[C@@H]2C[C@@](O)(CCC2=O)C(C)N(CC2CC2)C6CC7)c5O[C@H]3C(=O)CC[C@@]4(O)C1C. The van der Waals surface area contributed by atoms with Gasteiger partial charge in [-0.1, -0.05) is 18.2 Å². The van der Waals surface area contributed by atoms with Crippen LogP contribution in [0.2, 0.25) is 0 Å². The maximum atomic E-state index is 13.4. The van der Waals surface area contributed by atoms with Crippen molar-refractivity contribution >= 4 is 23.5 Å². The molecule has 8 bridgehead atoms. The minimum Gasteiger partial charge on any atom is -0.478 e. The molecule has 3 saturated carbocycles. The number of aliphatic hydroxyl groups is 2. The zero-order valence-electron chi connectivity index (χ0n) is 33.5. The first kappa shape index (κ1) is 38.1. The molecule has 0 radical (unpaired) electrons. The van der Waals surface area contributed by atoms with E-state index in [2.05, 4.69) is 23.3 Å². The molecular weight excluding hydrogens is 741 g/mol. The van der Waals surface area contributed by atoms with Crippen LogP contribution in [0.5, 0.6) is 23.0 Å². The Morgan fingerprint density at radius 3 is 2.22 bits per heavy atom. The molecule has 3 aliphatic heterocycles. The monoisotopic (exact) mass is 794 g/mol. The molecule has 2 aromatic rings. The van der Waals surface area contributed by atoms with E-state index in [1.807, 2.05) is 25.1 Å².